The van der Waals surface area contributed by atoms with Crippen LogP contribution in [0.25, 0.3) is 11.0 Å². The van der Waals surface area contributed by atoms with E-state index in [0.29, 0.717) is 17.3 Å². The van der Waals surface area contributed by atoms with E-state index in [1.165, 1.54) is 0 Å². The van der Waals surface area contributed by atoms with Crippen molar-refractivity contribution in [3.63, 3.8) is 0 Å². The average molecular weight is 335 g/mol. The Kier molecular flexibility index (Phi) is 3.87. The van der Waals surface area contributed by atoms with Gasteiger partial charge in [0.15, 0.2) is 0 Å². The number of pyridine rings is 1. The summed E-state index contributed by atoms with van der Waals surface area (Å²) in [6.45, 7) is 1.95. The number of nitrogens with zero attached hydrogens (tertiary/aromatic N) is 3. The predicted octanol–water partition coefficient (Wildman–Crippen LogP) is 3.54. The van der Waals surface area contributed by atoms with Crippen LogP contribution in [0.5, 0.6) is 0 Å². The molecule has 25 heavy (non-hydrogen) atoms. The maximum atomic E-state index is 12.5. The van der Waals surface area contributed by atoms with Gasteiger partial charge in [-0.15, -0.1) is 0 Å². The number of hydrogen-bond acceptors (Lipinski definition) is 5. The molecule has 0 atom stereocenters. The molecule has 2 aromatic heterocycles. The highest BCUT2D eigenvalue weighted by Crippen LogP contribution is 2.31. The van der Waals surface area contributed by atoms with Crippen LogP contribution in [0.4, 0.5) is 17.3 Å². The number of nitrogens with two attached hydrogens (primary N) is 1. The molecule has 6 heteroatoms. The number of aromatic nitrogens is 3. The Hall–Kier alpha value is -2.89. The van der Waals surface area contributed by atoms with Gasteiger partial charge in [0.2, 0.25) is 5.95 Å². The zero-order valence-electron chi connectivity index (χ0n) is 14.2. The van der Waals surface area contributed by atoms with E-state index in [1.54, 1.807) is 6.07 Å². The minimum atomic E-state index is 0.0101. The van der Waals surface area contributed by atoms with Crippen LogP contribution in [0.15, 0.2) is 41.2 Å². The molecule has 6 nitrogen and oxygen atoms in total. The molecule has 128 valence electrons. The molecular weight excluding hydrogens is 314 g/mol. The van der Waals surface area contributed by atoms with E-state index in [9.17, 15) is 4.79 Å². The summed E-state index contributed by atoms with van der Waals surface area (Å²) >= 11 is 0. The molecule has 0 bridgehead atoms. The fourth-order valence-corrected chi connectivity index (χ4v) is 3.55. The van der Waals surface area contributed by atoms with Crippen molar-refractivity contribution in [2.75, 3.05) is 11.1 Å². The first-order chi connectivity index (χ1) is 12.1. The molecule has 1 aliphatic rings. The highest BCUT2D eigenvalue weighted by Gasteiger charge is 2.21. The second kappa shape index (κ2) is 6.20. The number of aryl methyl sites for hydroxylation is 1. The van der Waals surface area contributed by atoms with Gasteiger partial charge in [0, 0.05) is 28.9 Å². The molecule has 0 aliphatic heterocycles. The van der Waals surface area contributed by atoms with Gasteiger partial charge in [-0.3, -0.25) is 9.36 Å². The van der Waals surface area contributed by atoms with Crippen LogP contribution < -0.4 is 16.6 Å². The summed E-state index contributed by atoms with van der Waals surface area (Å²) in [6, 6.07) is 11.1. The summed E-state index contributed by atoms with van der Waals surface area (Å²) < 4.78 is 1.85. The van der Waals surface area contributed by atoms with Crippen molar-refractivity contribution in [1.82, 2.24) is 14.5 Å². The summed E-state index contributed by atoms with van der Waals surface area (Å²) in [5.74, 6) is 0.493. The molecule has 1 aromatic carbocycles. The molecule has 0 radical (unpaired) electrons. The maximum Gasteiger partial charge on any atom is 0.252 e. The van der Waals surface area contributed by atoms with Gasteiger partial charge in [-0.1, -0.05) is 12.8 Å². The molecule has 3 N–H and O–H groups in total. The Labute approximate surface area is 145 Å². The monoisotopic (exact) mass is 335 g/mol. The van der Waals surface area contributed by atoms with E-state index in [4.69, 9.17) is 5.73 Å². The Bertz CT molecular complexity index is 972. The molecule has 1 aliphatic carbocycles. The standard InChI is InChI=1S/C19H21N5O/c1-12-16-10-11-17(25)24(15-4-2-3-5-15)18(16)23-19(21-12)22-14-8-6-13(20)7-9-14/h6-11,15H,2-5,20H2,1H3,(H,21,22,23). The van der Waals surface area contributed by atoms with Crippen LogP contribution in [0.2, 0.25) is 0 Å². The van der Waals surface area contributed by atoms with Gasteiger partial charge in [0.25, 0.3) is 5.56 Å². The van der Waals surface area contributed by atoms with Crippen molar-refractivity contribution in [1.29, 1.82) is 0 Å². The predicted molar refractivity (Wildman–Crippen MR) is 100 cm³/mol. The SMILES string of the molecule is Cc1nc(Nc2ccc(N)cc2)nc2c1ccc(=O)n2C1CCCC1. The third kappa shape index (κ3) is 2.95. The fourth-order valence-electron chi connectivity index (χ4n) is 3.55. The Morgan fingerprint density at radius 3 is 2.52 bits per heavy atom. The number of nitrogens with one attached hydrogen (secondary N) is 1. The molecule has 0 spiro atoms. The minimum Gasteiger partial charge on any atom is -0.399 e. The molecule has 0 saturated heterocycles. The molecule has 4 rings (SSSR count). The topological polar surface area (TPSA) is 85.8 Å². The van der Waals surface area contributed by atoms with Crippen molar-refractivity contribution >= 4 is 28.4 Å². The number of fused-ring (bicyclic) bond motifs is 1. The molecule has 3 aromatic rings. The average Bonchev–Trinajstić information content (AvgIpc) is 3.11. The van der Waals surface area contributed by atoms with Gasteiger partial charge in [0.05, 0.1) is 5.69 Å². The first-order valence-corrected chi connectivity index (χ1v) is 8.64. The van der Waals surface area contributed by atoms with Gasteiger partial charge in [0.1, 0.15) is 5.65 Å². The number of hydrogen-bond donors (Lipinski definition) is 2. The zero-order valence-corrected chi connectivity index (χ0v) is 14.2. The summed E-state index contributed by atoms with van der Waals surface area (Å²) in [6.07, 6.45) is 4.38. The Morgan fingerprint density at radius 1 is 1.08 bits per heavy atom. The summed E-state index contributed by atoms with van der Waals surface area (Å²) in [7, 11) is 0. The lowest BCUT2D eigenvalue weighted by Gasteiger charge is -2.17. The molecule has 1 fully saturated rings. The lowest BCUT2D eigenvalue weighted by Crippen LogP contribution is -2.24. The number of nitrogen functional groups attached to an aromatic ring is 1. The molecule has 0 amide bonds. The normalized spacial score (nSPS) is 14.9. The first kappa shape index (κ1) is 15.6. The second-order valence-corrected chi connectivity index (χ2v) is 6.60. The lowest BCUT2D eigenvalue weighted by atomic mass is 10.2. The van der Waals surface area contributed by atoms with Gasteiger partial charge >= 0.3 is 0 Å². The Morgan fingerprint density at radius 2 is 1.80 bits per heavy atom. The highest BCUT2D eigenvalue weighted by molar-refractivity contribution is 5.79. The summed E-state index contributed by atoms with van der Waals surface area (Å²) in [5, 5.41) is 4.13. The van der Waals surface area contributed by atoms with Gasteiger partial charge in [-0.2, -0.15) is 4.98 Å². The zero-order chi connectivity index (χ0) is 17.4. The van der Waals surface area contributed by atoms with Crippen molar-refractivity contribution in [3.8, 4) is 0 Å². The van der Waals surface area contributed by atoms with Gasteiger partial charge in [-0.25, -0.2) is 4.98 Å². The third-order valence-corrected chi connectivity index (χ3v) is 4.83. The largest absolute Gasteiger partial charge is 0.399 e. The van der Waals surface area contributed by atoms with E-state index in [1.807, 2.05) is 41.8 Å². The van der Waals surface area contributed by atoms with Crippen LogP contribution in [-0.4, -0.2) is 14.5 Å². The summed E-state index contributed by atoms with van der Waals surface area (Å²) in [5.41, 5.74) is 8.87. The number of benzene rings is 1. The second-order valence-electron chi connectivity index (χ2n) is 6.60. The third-order valence-electron chi connectivity index (χ3n) is 4.83. The van der Waals surface area contributed by atoms with Gasteiger partial charge in [-0.05, 0) is 50.1 Å². The molecule has 0 unspecified atom stereocenters. The smallest absolute Gasteiger partial charge is 0.252 e. The first-order valence-electron chi connectivity index (χ1n) is 8.64. The van der Waals surface area contributed by atoms with Crippen LogP contribution in [0.1, 0.15) is 37.4 Å². The molecule has 2 heterocycles. The van der Waals surface area contributed by atoms with E-state index in [-0.39, 0.29) is 11.6 Å². The summed E-state index contributed by atoms with van der Waals surface area (Å²) in [4.78, 5) is 21.7. The number of anilines is 3. The van der Waals surface area contributed by atoms with E-state index in [0.717, 1.165) is 42.5 Å². The maximum absolute atomic E-state index is 12.5. The van der Waals surface area contributed by atoms with E-state index >= 15 is 0 Å². The highest BCUT2D eigenvalue weighted by atomic mass is 16.1. The van der Waals surface area contributed by atoms with Crippen LogP contribution >= 0.6 is 0 Å². The van der Waals surface area contributed by atoms with Crippen LogP contribution in [-0.2, 0) is 0 Å². The van der Waals surface area contributed by atoms with E-state index in [2.05, 4.69) is 15.3 Å². The van der Waals surface area contributed by atoms with Crippen molar-refractivity contribution in [3.05, 3.63) is 52.4 Å². The van der Waals surface area contributed by atoms with Crippen molar-refractivity contribution in [2.45, 2.75) is 38.6 Å². The van der Waals surface area contributed by atoms with Crippen molar-refractivity contribution in [2.24, 2.45) is 0 Å². The van der Waals surface area contributed by atoms with E-state index < -0.39 is 0 Å². The van der Waals surface area contributed by atoms with Crippen LogP contribution in [0.3, 0.4) is 0 Å². The number of rotatable bonds is 3. The van der Waals surface area contributed by atoms with Crippen molar-refractivity contribution < 1.29 is 0 Å². The Balaban J connectivity index is 1.82. The fraction of sp³-hybridized carbons (Fsp3) is 0.316. The lowest BCUT2D eigenvalue weighted by molar-refractivity contribution is 0.516. The molecule has 1 saturated carbocycles. The minimum absolute atomic E-state index is 0.0101. The quantitative estimate of drug-likeness (QED) is 0.715. The molecular formula is C19H21N5O. The van der Waals surface area contributed by atoms with Gasteiger partial charge < -0.3 is 11.1 Å². The van der Waals surface area contributed by atoms with Crippen LogP contribution in [0, 0.1) is 6.92 Å².